The molecule has 0 spiro atoms. The average Bonchev–Trinajstić information content (AvgIpc) is 2.65. The van der Waals surface area contributed by atoms with Crippen molar-refractivity contribution in [1.82, 2.24) is 10.2 Å². The molecule has 0 fully saturated rings. The van der Waals surface area contributed by atoms with Crippen molar-refractivity contribution in [3.63, 3.8) is 0 Å². The fourth-order valence-electron chi connectivity index (χ4n) is 2.47. The van der Waals surface area contributed by atoms with Gasteiger partial charge in [0.15, 0.2) is 0 Å². The van der Waals surface area contributed by atoms with E-state index >= 15 is 0 Å². The number of likely N-dealkylation sites (N-methyl/N-ethyl adjacent to an activating group) is 1. The van der Waals surface area contributed by atoms with Crippen LogP contribution in [-0.4, -0.2) is 49.3 Å². The summed E-state index contributed by atoms with van der Waals surface area (Å²) in [6.07, 6.45) is 0. The molecule has 2 rings (SSSR count). The van der Waals surface area contributed by atoms with Crippen LogP contribution in [0.4, 0.5) is 11.4 Å². The van der Waals surface area contributed by atoms with Crippen LogP contribution in [0.2, 0.25) is 10.0 Å². The summed E-state index contributed by atoms with van der Waals surface area (Å²) in [5.74, 6) is -1.05. The fraction of sp³-hybridized carbons (Fsp3) is 0.250. The topological polar surface area (TPSA) is 90.5 Å². The van der Waals surface area contributed by atoms with Gasteiger partial charge in [-0.15, -0.1) is 0 Å². The van der Waals surface area contributed by atoms with Gasteiger partial charge in [0.2, 0.25) is 17.7 Å². The van der Waals surface area contributed by atoms with E-state index < -0.39 is 0 Å². The molecule has 2 aromatic rings. The second kappa shape index (κ2) is 10.8. The summed E-state index contributed by atoms with van der Waals surface area (Å²) in [7, 11) is 1.63. The summed E-state index contributed by atoms with van der Waals surface area (Å²) >= 11 is 12.0. The quantitative estimate of drug-likeness (QED) is 0.593. The van der Waals surface area contributed by atoms with Crippen molar-refractivity contribution in [2.24, 2.45) is 0 Å². The largest absolute Gasteiger partial charge is 0.346 e. The molecular weight excluding hydrogens is 415 g/mol. The molecule has 3 N–H and O–H groups in total. The molecule has 0 radical (unpaired) electrons. The van der Waals surface area contributed by atoms with Crippen LogP contribution in [0, 0.1) is 6.92 Å². The number of para-hydroxylation sites is 1. The van der Waals surface area contributed by atoms with Crippen molar-refractivity contribution in [1.29, 1.82) is 0 Å². The number of hydrogen-bond acceptors (Lipinski definition) is 4. The van der Waals surface area contributed by atoms with Crippen molar-refractivity contribution < 1.29 is 14.4 Å². The van der Waals surface area contributed by atoms with Crippen LogP contribution >= 0.6 is 23.2 Å². The number of rotatable bonds is 8. The maximum absolute atomic E-state index is 12.1. The van der Waals surface area contributed by atoms with Gasteiger partial charge in [0, 0.05) is 10.7 Å². The van der Waals surface area contributed by atoms with Gasteiger partial charge in [-0.25, -0.2) is 0 Å². The van der Waals surface area contributed by atoms with E-state index in [1.54, 1.807) is 56.4 Å². The molecule has 9 heteroatoms. The molecule has 3 amide bonds. The molecule has 2 aromatic carbocycles. The molecule has 29 heavy (non-hydrogen) atoms. The molecular formula is C20H22Cl2N4O3. The number of halogens is 2. The van der Waals surface area contributed by atoms with Gasteiger partial charge in [-0.1, -0.05) is 41.4 Å². The zero-order valence-corrected chi connectivity index (χ0v) is 17.6. The number of carbonyl (C=O) groups is 3. The highest BCUT2D eigenvalue weighted by Gasteiger charge is 2.13. The van der Waals surface area contributed by atoms with Crippen LogP contribution in [0.5, 0.6) is 0 Å². The van der Waals surface area contributed by atoms with E-state index in [1.165, 1.54) is 4.90 Å². The van der Waals surface area contributed by atoms with Crippen molar-refractivity contribution >= 4 is 52.3 Å². The second-order valence-corrected chi connectivity index (χ2v) is 7.25. The third-order valence-corrected chi connectivity index (χ3v) is 4.70. The molecule has 0 saturated heterocycles. The molecule has 154 valence electrons. The number of amides is 3. The van der Waals surface area contributed by atoms with Gasteiger partial charge in [-0.3, -0.25) is 19.3 Å². The smallest absolute Gasteiger partial charge is 0.243 e. The number of anilines is 2. The summed E-state index contributed by atoms with van der Waals surface area (Å²) in [5.41, 5.74) is 1.84. The average molecular weight is 437 g/mol. The highest BCUT2D eigenvalue weighted by atomic mass is 35.5. The van der Waals surface area contributed by atoms with Crippen LogP contribution in [0.3, 0.4) is 0 Å². The Balaban J connectivity index is 1.74. The number of nitrogens with one attached hydrogen (secondary N) is 3. The van der Waals surface area contributed by atoms with E-state index in [4.69, 9.17) is 23.2 Å². The lowest BCUT2D eigenvalue weighted by molar-refractivity contribution is -0.125. The Kier molecular flexibility index (Phi) is 8.45. The fourth-order valence-corrected chi connectivity index (χ4v) is 2.83. The number of carbonyl (C=O) groups excluding carboxylic acids is 3. The predicted octanol–water partition coefficient (Wildman–Crippen LogP) is 2.93. The first-order chi connectivity index (χ1) is 13.8. The van der Waals surface area contributed by atoms with Crippen LogP contribution in [-0.2, 0) is 14.4 Å². The van der Waals surface area contributed by atoms with Gasteiger partial charge in [-0.05, 0) is 43.8 Å². The third-order valence-electron chi connectivity index (χ3n) is 3.96. The van der Waals surface area contributed by atoms with Crippen LogP contribution in [0.1, 0.15) is 5.56 Å². The van der Waals surface area contributed by atoms with Crippen molar-refractivity contribution in [2.45, 2.75) is 6.92 Å². The van der Waals surface area contributed by atoms with E-state index in [1.807, 2.05) is 0 Å². The molecule has 0 aliphatic heterocycles. The number of benzene rings is 2. The zero-order valence-electron chi connectivity index (χ0n) is 16.1. The van der Waals surface area contributed by atoms with Crippen molar-refractivity contribution in [2.75, 3.05) is 37.3 Å². The molecule has 0 saturated carbocycles. The van der Waals surface area contributed by atoms with Crippen LogP contribution in [0.15, 0.2) is 42.5 Å². The second-order valence-electron chi connectivity index (χ2n) is 6.44. The number of nitrogens with zero attached hydrogens (tertiary/aromatic N) is 1. The molecule has 0 atom stereocenters. The zero-order chi connectivity index (χ0) is 21.4. The van der Waals surface area contributed by atoms with Gasteiger partial charge in [-0.2, -0.15) is 0 Å². The van der Waals surface area contributed by atoms with Crippen LogP contribution < -0.4 is 16.0 Å². The van der Waals surface area contributed by atoms with Crippen LogP contribution in [0.25, 0.3) is 0 Å². The molecule has 0 bridgehead atoms. The lowest BCUT2D eigenvalue weighted by Gasteiger charge is -2.16. The predicted molar refractivity (Wildman–Crippen MR) is 115 cm³/mol. The maximum Gasteiger partial charge on any atom is 0.243 e. The third kappa shape index (κ3) is 7.38. The highest BCUT2D eigenvalue weighted by molar-refractivity contribution is 6.33. The van der Waals surface area contributed by atoms with Gasteiger partial charge < -0.3 is 16.0 Å². The summed E-state index contributed by atoms with van der Waals surface area (Å²) in [6.45, 7) is 1.55. The minimum absolute atomic E-state index is 0.00739. The Morgan fingerprint density at radius 3 is 2.14 bits per heavy atom. The molecule has 0 unspecified atom stereocenters. The standard InChI is InChI=1S/C20H22Cl2N4O3/c1-13-14(21)7-5-9-16(13)24-18(27)10-23-19(28)11-26(2)12-20(29)25-17-8-4-3-6-15(17)22/h3-9H,10-12H2,1-2H3,(H,23,28)(H,24,27)(H,25,29). The Bertz CT molecular complexity index is 905. The Morgan fingerprint density at radius 1 is 0.828 bits per heavy atom. The minimum atomic E-state index is -0.379. The number of hydrogen-bond donors (Lipinski definition) is 3. The minimum Gasteiger partial charge on any atom is -0.346 e. The first-order valence-electron chi connectivity index (χ1n) is 8.81. The SMILES string of the molecule is Cc1c(Cl)cccc1NC(=O)CNC(=O)CN(C)CC(=O)Nc1ccccc1Cl. The Hall–Kier alpha value is -2.61. The molecule has 0 aromatic heterocycles. The lowest BCUT2D eigenvalue weighted by atomic mass is 10.2. The highest BCUT2D eigenvalue weighted by Crippen LogP contribution is 2.22. The van der Waals surface area contributed by atoms with E-state index in [0.29, 0.717) is 21.4 Å². The molecule has 7 nitrogen and oxygen atoms in total. The first kappa shape index (κ1) is 22.7. The monoisotopic (exact) mass is 436 g/mol. The molecule has 0 aliphatic rings. The van der Waals surface area contributed by atoms with Crippen molar-refractivity contribution in [3.05, 3.63) is 58.1 Å². The summed E-state index contributed by atoms with van der Waals surface area (Å²) in [6, 6.07) is 12.1. The van der Waals surface area contributed by atoms with E-state index in [2.05, 4.69) is 16.0 Å². The van der Waals surface area contributed by atoms with E-state index in [0.717, 1.165) is 5.56 Å². The summed E-state index contributed by atoms with van der Waals surface area (Å²) in [4.78, 5) is 37.6. The van der Waals surface area contributed by atoms with E-state index in [-0.39, 0.29) is 37.4 Å². The van der Waals surface area contributed by atoms with E-state index in [9.17, 15) is 14.4 Å². The van der Waals surface area contributed by atoms with Gasteiger partial charge in [0.25, 0.3) is 0 Å². The lowest BCUT2D eigenvalue weighted by Crippen LogP contribution is -2.41. The normalized spacial score (nSPS) is 10.5. The van der Waals surface area contributed by atoms with Gasteiger partial charge in [0.1, 0.15) is 0 Å². The molecule has 0 aliphatic carbocycles. The maximum atomic E-state index is 12.1. The Morgan fingerprint density at radius 2 is 1.41 bits per heavy atom. The van der Waals surface area contributed by atoms with Gasteiger partial charge >= 0.3 is 0 Å². The first-order valence-corrected chi connectivity index (χ1v) is 9.56. The van der Waals surface area contributed by atoms with Crippen molar-refractivity contribution in [3.8, 4) is 0 Å². The summed E-state index contributed by atoms with van der Waals surface area (Å²) in [5, 5.41) is 8.88. The molecule has 0 heterocycles. The summed E-state index contributed by atoms with van der Waals surface area (Å²) < 4.78 is 0. The Labute approximate surface area is 179 Å². The van der Waals surface area contributed by atoms with Gasteiger partial charge in [0.05, 0.1) is 30.3 Å².